The highest BCUT2D eigenvalue weighted by Crippen LogP contribution is 2.44. The van der Waals surface area contributed by atoms with Gasteiger partial charge in [0.1, 0.15) is 0 Å². The molecule has 4 rings (SSSR count). The maximum atomic E-state index is 10.2. The Kier molecular flexibility index (Phi) is 3.37. The Morgan fingerprint density at radius 2 is 2.00 bits per heavy atom. The van der Waals surface area contributed by atoms with E-state index in [1.165, 1.54) is 24.0 Å². The molecule has 2 fully saturated rings. The molecular formula is C18H24N2O. The maximum Gasteiger partial charge on any atom is 0.0719 e. The van der Waals surface area contributed by atoms with Crippen LogP contribution < -0.4 is 5.32 Å². The van der Waals surface area contributed by atoms with Crippen LogP contribution in [0.5, 0.6) is 0 Å². The van der Waals surface area contributed by atoms with Gasteiger partial charge in [0.25, 0.3) is 0 Å². The van der Waals surface area contributed by atoms with E-state index in [9.17, 15) is 5.11 Å². The predicted molar refractivity (Wildman–Crippen MR) is 85.2 cm³/mol. The number of piperidine rings is 2. The molecule has 0 amide bonds. The highest BCUT2D eigenvalue weighted by Gasteiger charge is 2.40. The van der Waals surface area contributed by atoms with Gasteiger partial charge in [-0.2, -0.15) is 0 Å². The summed E-state index contributed by atoms with van der Waals surface area (Å²) in [6, 6.07) is 9.11. The lowest BCUT2D eigenvalue weighted by molar-refractivity contribution is 0.0116. The number of likely N-dealkylation sites (tertiary alicyclic amines) is 1. The highest BCUT2D eigenvalue weighted by atomic mass is 16.3. The van der Waals surface area contributed by atoms with Crippen LogP contribution in [0.25, 0.3) is 6.08 Å². The first-order chi connectivity index (χ1) is 10.3. The second kappa shape index (κ2) is 5.24. The van der Waals surface area contributed by atoms with Crippen molar-refractivity contribution in [3.8, 4) is 0 Å². The third-order valence-electron chi connectivity index (χ3n) is 5.65. The molecule has 0 bridgehead atoms. The summed E-state index contributed by atoms with van der Waals surface area (Å²) in [5.41, 5.74) is 3.15. The van der Waals surface area contributed by atoms with Crippen molar-refractivity contribution in [3.63, 3.8) is 0 Å². The van der Waals surface area contributed by atoms with Gasteiger partial charge in [-0.3, -0.25) is 4.90 Å². The number of rotatable bonds is 1. The Hall–Kier alpha value is -1.16. The van der Waals surface area contributed by atoms with Crippen molar-refractivity contribution in [1.29, 1.82) is 0 Å². The molecule has 3 heteroatoms. The lowest BCUT2D eigenvalue weighted by Crippen LogP contribution is -2.57. The zero-order valence-corrected chi connectivity index (χ0v) is 12.5. The second-order valence-electron chi connectivity index (χ2n) is 6.74. The predicted octanol–water partition coefficient (Wildman–Crippen LogP) is 1.77. The lowest BCUT2D eigenvalue weighted by Gasteiger charge is -2.45. The normalized spacial score (nSPS) is 31.5. The molecule has 1 aromatic carbocycles. The molecule has 2 aliphatic heterocycles. The fraction of sp³-hybridized carbons (Fsp3) is 0.556. The van der Waals surface area contributed by atoms with Gasteiger partial charge in [0, 0.05) is 18.0 Å². The van der Waals surface area contributed by atoms with E-state index in [1.54, 1.807) is 0 Å². The monoisotopic (exact) mass is 284 g/mol. The van der Waals surface area contributed by atoms with Crippen LogP contribution in [0.4, 0.5) is 0 Å². The van der Waals surface area contributed by atoms with E-state index < -0.39 is 0 Å². The Morgan fingerprint density at radius 3 is 2.81 bits per heavy atom. The summed E-state index contributed by atoms with van der Waals surface area (Å²) in [6.07, 6.45) is 7.78. The lowest BCUT2D eigenvalue weighted by atomic mass is 9.74. The second-order valence-corrected chi connectivity index (χ2v) is 6.74. The molecule has 1 spiro atoms. The Bertz CT molecular complexity index is 546. The molecule has 21 heavy (non-hydrogen) atoms. The number of hydrogen-bond acceptors (Lipinski definition) is 3. The van der Waals surface area contributed by atoms with Crippen LogP contribution in [0.15, 0.2) is 30.3 Å². The van der Waals surface area contributed by atoms with Crippen molar-refractivity contribution in [2.24, 2.45) is 0 Å². The number of allylic oxidation sites excluding steroid dienone is 1. The molecule has 1 aromatic rings. The summed E-state index contributed by atoms with van der Waals surface area (Å²) in [6.45, 7) is 4.05. The molecule has 0 aromatic heterocycles. The van der Waals surface area contributed by atoms with Crippen LogP contribution in [-0.2, 0) is 5.41 Å². The van der Waals surface area contributed by atoms with Crippen molar-refractivity contribution in [1.82, 2.24) is 10.2 Å². The number of benzene rings is 1. The number of hydrogen-bond donors (Lipinski definition) is 2. The molecule has 1 aliphatic carbocycles. The van der Waals surface area contributed by atoms with E-state index in [2.05, 4.69) is 46.6 Å². The van der Waals surface area contributed by atoms with Crippen LogP contribution in [0, 0.1) is 0 Å². The number of nitrogens with one attached hydrogen (secondary N) is 1. The van der Waals surface area contributed by atoms with Crippen LogP contribution in [0.2, 0.25) is 0 Å². The fourth-order valence-electron chi connectivity index (χ4n) is 4.33. The SMILES string of the molecule is O[C@H]1CCNC[C@@H]1N1CCC2(C=Cc3ccccc32)CC1. The zero-order chi connectivity index (χ0) is 14.3. The molecule has 0 saturated carbocycles. The average molecular weight is 284 g/mol. The molecule has 3 nitrogen and oxygen atoms in total. The molecule has 2 atom stereocenters. The maximum absolute atomic E-state index is 10.2. The Balaban J connectivity index is 1.49. The van der Waals surface area contributed by atoms with Crippen LogP contribution in [-0.4, -0.2) is 48.3 Å². The van der Waals surface area contributed by atoms with E-state index in [0.717, 1.165) is 32.6 Å². The van der Waals surface area contributed by atoms with Crippen LogP contribution in [0.1, 0.15) is 30.4 Å². The van der Waals surface area contributed by atoms with Gasteiger partial charge in [-0.05, 0) is 50.0 Å². The largest absolute Gasteiger partial charge is 0.391 e. The summed E-state index contributed by atoms with van der Waals surface area (Å²) in [4.78, 5) is 2.50. The van der Waals surface area contributed by atoms with Gasteiger partial charge in [-0.15, -0.1) is 0 Å². The van der Waals surface area contributed by atoms with Crippen LogP contribution in [0.3, 0.4) is 0 Å². The summed E-state index contributed by atoms with van der Waals surface area (Å²) >= 11 is 0. The van der Waals surface area contributed by atoms with Gasteiger partial charge in [-0.25, -0.2) is 0 Å². The summed E-state index contributed by atoms with van der Waals surface area (Å²) in [5, 5.41) is 13.7. The van der Waals surface area contributed by atoms with E-state index in [1.807, 2.05) is 0 Å². The van der Waals surface area contributed by atoms with E-state index in [-0.39, 0.29) is 11.5 Å². The van der Waals surface area contributed by atoms with Gasteiger partial charge in [0.2, 0.25) is 0 Å². The van der Waals surface area contributed by atoms with Crippen molar-refractivity contribution >= 4 is 6.08 Å². The number of aliphatic hydroxyl groups is 1. The molecular weight excluding hydrogens is 260 g/mol. The first-order valence-electron chi connectivity index (χ1n) is 8.20. The van der Waals surface area contributed by atoms with Crippen molar-refractivity contribution in [3.05, 3.63) is 41.5 Å². The molecule has 3 aliphatic rings. The van der Waals surface area contributed by atoms with Crippen molar-refractivity contribution in [2.75, 3.05) is 26.2 Å². The first kappa shape index (κ1) is 13.5. The summed E-state index contributed by atoms with van der Waals surface area (Å²) in [5.74, 6) is 0. The minimum atomic E-state index is -0.160. The Labute approximate surface area is 126 Å². The quantitative estimate of drug-likeness (QED) is 0.825. The smallest absolute Gasteiger partial charge is 0.0719 e. The number of fused-ring (bicyclic) bond motifs is 2. The summed E-state index contributed by atoms with van der Waals surface area (Å²) in [7, 11) is 0. The minimum Gasteiger partial charge on any atom is -0.391 e. The molecule has 2 saturated heterocycles. The van der Waals surface area contributed by atoms with Gasteiger partial charge in [-0.1, -0.05) is 36.4 Å². The van der Waals surface area contributed by atoms with Gasteiger partial charge >= 0.3 is 0 Å². The molecule has 0 unspecified atom stereocenters. The first-order valence-corrected chi connectivity index (χ1v) is 8.20. The number of aliphatic hydroxyl groups excluding tert-OH is 1. The third kappa shape index (κ3) is 2.24. The van der Waals surface area contributed by atoms with Crippen LogP contribution >= 0.6 is 0 Å². The standard InChI is InChI=1S/C18H24N2O/c21-17-6-10-19-13-16(17)20-11-8-18(9-12-20)7-5-14-3-1-2-4-15(14)18/h1-5,7,16-17,19,21H,6,8-13H2/t16-,17-/m0/s1. The molecule has 112 valence electrons. The zero-order valence-electron chi connectivity index (χ0n) is 12.5. The van der Waals surface area contributed by atoms with Crippen molar-refractivity contribution in [2.45, 2.75) is 36.8 Å². The third-order valence-corrected chi connectivity index (χ3v) is 5.65. The average Bonchev–Trinajstić information content (AvgIpc) is 2.88. The van der Waals surface area contributed by atoms with E-state index in [4.69, 9.17) is 0 Å². The van der Waals surface area contributed by atoms with Gasteiger partial charge in [0.15, 0.2) is 0 Å². The Morgan fingerprint density at radius 1 is 1.19 bits per heavy atom. The topological polar surface area (TPSA) is 35.5 Å². The number of nitrogens with zero attached hydrogens (tertiary/aromatic N) is 1. The fourth-order valence-corrected chi connectivity index (χ4v) is 4.33. The van der Waals surface area contributed by atoms with E-state index in [0.29, 0.717) is 6.04 Å². The summed E-state index contributed by atoms with van der Waals surface area (Å²) < 4.78 is 0. The highest BCUT2D eigenvalue weighted by molar-refractivity contribution is 5.65. The van der Waals surface area contributed by atoms with Crippen molar-refractivity contribution < 1.29 is 5.11 Å². The molecule has 2 heterocycles. The van der Waals surface area contributed by atoms with E-state index >= 15 is 0 Å². The molecule has 0 radical (unpaired) electrons. The van der Waals surface area contributed by atoms with Gasteiger partial charge < -0.3 is 10.4 Å². The molecule has 2 N–H and O–H groups in total. The minimum absolute atomic E-state index is 0.160. The van der Waals surface area contributed by atoms with Gasteiger partial charge in [0.05, 0.1) is 6.10 Å².